The van der Waals surface area contributed by atoms with Crippen LogP contribution in [0.3, 0.4) is 0 Å². The largest absolute Gasteiger partial charge is 0.481 e. The molecule has 1 unspecified atom stereocenters. The quantitative estimate of drug-likeness (QED) is 0.860. The van der Waals surface area contributed by atoms with E-state index in [2.05, 4.69) is 4.98 Å². The fraction of sp³-hybridized carbons (Fsp3) is 0.455. The van der Waals surface area contributed by atoms with Gasteiger partial charge in [-0.25, -0.2) is 4.98 Å². The Hall–Kier alpha value is -1.29. The first-order valence-corrected chi connectivity index (χ1v) is 5.49. The molecule has 86 valence electrons. The molecule has 0 spiro atoms. The van der Waals surface area contributed by atoms with Gasteiger partial charge in [-0.3, -0.25) is 4.79 Å². The van der Waals surface area contributed by atoms with Crippen LogP contribution in [0.2, 0.25) is 5.02 Å². The normalized spacial score (nSPS) is 24.8. The highest BCUT2D eigenvalue weighted by Crippen LogP contribution is 2.32. The number of carboxylic acid groups (broad SMARTS) is 1. The Labute approximate surface area is 98.9 Å². The molecule has 4 nitrogen and oxygen atoms in total. The molecule has 0 saturated carbocycles. The zero-order chi connectivity index (χ0) is 11.8. The molecule has 5 heteroatoms. The van der Waals surface area contributed by atoms with Gasteiger partial charge in [-0.15, -0.1) is 0 Å². The molecule has 0 aliphatic carbocycles. The standard InChI is InChI=1S/C11H13ClN2O2/c1-11(10(15)16)4-5-14(7-11)9-3-2-8(12)6-13-9/h2-3,6H,4-5,7H2,1H3,(H,15,16). The molecule has 0 amide bonds. The Morgan fingerprint density at radius 1 is 1.62 bits per heavy atom. The second-order valence-corrected chi connectivity index (χ2v) is 4.81. The molecule has 1 aliphatic heterocycles. The lowest BCUT2D eigenvalue weighted by Crippen LogP contribution is -2.31. The van der Waals surface area contributed by atoms with E-state index in [0.29, 0.717) is 18.0 Å². The van der Waals surface area contributed by atoms with Gasteiger partial charge in [0.25, 0.3) is 0 Å². The maximum atomic E-state index is 11.1. The van der Waals surface area contributed by atoms with Gasteiger partial charge in [0.15, 0.2) is 0 Å². The van der Waals surface area contributed by atoms with Crippen LogP contribution >= 0.6 is 11.6 Å². The summed E-state index contributed by atoms with van der Waals surface area (Å²) in [6.07, 6.45) is 2.22. The zero-order valence-corrected chi connectivity index (χ0v) is 9.74. The van der Waals surface area contributed by atoms with Crippen molar-refractivity contribution in [1.29, 1.82) is 0 Å². The number of carboxylic acids is 1. The van der Waals surface area contributed by atoms with Crippen LogP contribution in [0, 0.1) is 5.41 Å². The summed E-state index contributed by atoms with van der Waals surface area (Å²) in [5, 5.41) is 9.70. The molecule has 16 heavy (non-hydrogen) atoms. The Morgan fingerprint density at radius 2 is 2.38 bits per heavy atom. The maximum absolute atomic E-state index is 11.1. The van der Waals surface area contributed by atoms with Gasteiger partial charge >= 0.3 is 5.97 Å². The van der Waals surface area contributed by atoms with E-state index in [9.17, 15) is 4.79 Å². The van der Waals surface area contributed by atoms with Crippen molar-refractivity contribution in [1.82, 2.24) is 4.98 Å². The number of aliphatic carboxylic acids is 1. The number of anilines is 1. The Balaban J connectivity index is 2.15. The summed E-state index contributed by atoms with van der Waals surface area (Å²) >= 11 is 5.75. The van der Waals surface area contributed by atoms with Crippen LogP contribution in [0.25, 0.3) is 0 Å². The zero-order valence-electron chi connectivity index (χ0n) is 8.98. The van der Waals surface area contributed by atoms with Gasteiger partial charge in [-0.2, -0.15) is 0 Å². The highest BCUT2D eigenvalue weighted by molar-refractivity contribution is 6.30. The van der Waals surface area contributed by atoms with E-state index in [4.69, 9.17) is 16.7 Å². The molecule has 0 radical (unpaired) electrons. The van der Waals surface area contributed by atoms with Gasteiger partial charge in [0.05, 0.1) is 10.4 Å². The summed E-state index contributed by atoms with van der Waals surface area (Å²) in [7, 11) is 0. The topological polar surface area (TPSA) is 53.4 Å². The van der Waals surface area contributed by atoms with Crippen molar-refractivity contribution in [2.24, 2.45) is 5.41 Å². The van der Waals surface area contributed by atoms with Crippen molar-refractivity contribution < 1.29 is 9.90 Å². The second-order valence-electron chi connectivity index (χ2n) is 4.37. The minimum Gasteiger partial charge on any atom is -0.481 e. The number of rotatable bonds is 2. The fourth-order valence-electron chi connectivity index (χ4n) is 1.89. The van der Waals surface area contributed by atoms with E-state index < -0.39 is 11.4 Å². The molecule has 2 heterocycles. The Kier molecular flexibility index (Phi) is 2.76. The first-order valence-electron chi connectivity index (χ1n) is 5.11. The minimum atomic E-state index is -0.746. The molecule has 1 aromatic rings. The predicted molar refractivity (Wildman–Crippen MR) is 61.8 cm³/mol. The van der Waals surface area contributed by atoms with Crippen molar-refractivity contribution in [3.8, 4) is 0 Å². The summed E-state index contributed by atoms with van der Waals surface area (Å²) in [5.74, 6) is 0.0401. The minimum absolute atomic E-state index is 0.497. The number of nitrogens with zero attached hydrogens (tertiary/aromatic N) is 2. The molecular formula is C11H13ClN2O2. The molecule has 0 bridgehead atoms. The van der Waals surface area contributed by atoms with Crippen molar-refractivity contribution in [3.63, 3.8) is 0 Å². The number of aromatic nitrogens is 1. The third kappa shape index (κ3) is 1.97. The first-order chi connectivity index (χ1) is 7.51. The number of halogens is 1. The molecule has 1 N–H and O–H groups in total. The van der Waals surface area contributed by atoms with Gasteiger partial charge in [0, 0.05) is 19.3 Å². The van der Waals surface area contributed by atoms with Gasteiger partial charge in [-0.05, 0) is 25.5 Å². The smallest absolute Gasteiger partial charge is 0.311 e. The Bertz CT molecular complexity index is 407. The average Bonchev–Trinajstić information content (AvgIpc) is 2.63. The highest BCUT2D eigenvalue weighted by Gasteiger charge is 2.40. The third-order valence-electron chi connectivity index (χ3n) is 3.03. The summed E-state index contributed by atoms with van der Waals surface area (Å²) < 4.78 is 0. The monoisotopic (exact) mass is 240 g/mol. The molecule has 1 atom stereocenters. The lowest BCUT2D eigenvalue weighted by Gasteiger charge is -2.20. The van der Waals surface area contributed by atoms with Crippen molar-refractivity contribution in [2.75, 3.05) is 18.0 Å². The predicted octanol–water partition coefficient (Wildman–Crippen LogP) is 2.04. The summed E-state index contributed by atoms with van der Waals surface area (Å²) in [6, 6.07) is 3.58. The average molecular weight is 241 g/mol. The van der Waals surface area contributed by atoms with Crippen LogP contribution in [0.4, 0.5) is 5.82 Å². The van der Waals surface area contributed by atoms with Crippen molar-refractivity contribution in [3.05, 3.63) is 23.4 Å². The van der Waals surface area contributed by atoms with E-state index in [-0.39, 0.29) is 0 Å². The van der Waals surface area contributed by atoms with Crippen LogP contribution in [-0.2, 0) is 4.79 Å². The van der Waals surface area contributed by atoms with E-state index in [0.717, 1.165) is 12.4 Å². The highest BCUT2D eigenvalue weighted by atomic mass is 35.5. The fourth-order valence-corrected chi connectivity index (χ4v) is 2.00. The molecule has 1 aromatic heterocycles. The molecule has 1 aliphatic rings. The maximum Gasteiger partial charge on any atom is 0.311 e. The van der Waals surface area contributed by atoms with Gasteiger partial charge in [-0.1, -0.05) is 11.6 Å². The molecule has 0 aromatic carbocycles. The van der Waals surface area contributed by atoms with Gasteiger partial charge in [0.2, 0.25) is 0 Å². The first kappa shape index (κ1) is 11.2. The van der Waals surface area contributed by atoms with Gasteiger partial charge in [0.1, 0.15) is 5.82 Å². The summed E-state index contributed by atoms with van der Waals surface area (Å²) in [4.78, 5) is 17.2. The lowest BCUT2D eigenvalue weighted by atomic mass is 9.90. The molecular weight excluding hydrogens is 228 g/mol. The van der Waals surface area contributed by atoms with Crippen LogP contribution in [0.1, 0.15) is 13.3 Å². The molecule has 2 rings (SSSR count). The van der Waals surface area contributed by atoms with Crippen molar-refractivity contribution in [2.45, 2.75) is 13.3 Å². The number of hydrogen-bond acceptors (Lipinski definition) is 3. The third-order valence-corrected chi connectivity index (χ3v) is 3.25. The lowest BCUT2D eigenvalue weighted by molar-refractivity contribution is -0.146. The molecule has 1 saturated heterocycles. The summed E-state index contributed by atoms with van der Waals surface area (Å²) in [6.45, 7) is 2.99. The van der Waals surface area contributed by atoms with Crippen LogP contribution < -0.4 is 4.90 Å². The van der Waals surface area contributed by atoms with Crippen LogP contribution in [0.5, 0.6) is 0 Å². The van der Waals surface area contributed by atoms with Crippen molar-refractivity contribution >= 4 is 23.4 Å². The molecule has 1 fully saturated rings. The van der Waals surface area contributed by atoms with Crippen LogP contribution in [0.15, 0.2) is 18.3 Å². The van der Waals surface area contributed by atoms with Gasteiger partial charge < -0.3 is 10.0 Å². The van der Waals surface area contributed by atoms with E-state index in [1.54, 1.807) is 19.2 Å². The summed E-state index contributed by atoms with van der Waals surface area (Å²) in [5.41, 5.74) is -0.665. The van der Waals surface area contributed by atoms with E-state index in [1.807, 2.05) is 11.0 Å². The number of hydrogen-bond donors (Lipinski definition) is 1. The van der Waals surface area contributed by atoms with E-state index in [1.165, 1.54) is 0 Å². The van der Waals surface area contributed by atoms with E-state index >= 15 is 0 Å². The number of carbonyl (C=O) groups is 1. The second kappa shape index (κ2) is 3.94. The van der Waals surface area contributed by atoms with Crippen LogP contribution in [-0.4, -0.2) is 29.1 Å². The SMILES string of the molecule is CC1(C(=O)O)CCN(c2ccc(Cl)cn2)C1. The number of pyridine rings is 1. The Morgan fingerprint density at radius 3 is 2.88 bits per heavy atom.